The number of nitrogens with zero attached hydrogens (tertiary/aromatic N) is 1. The van der Waals surface area contributed by atoms with Crippen LogP contribution in [-0.2, 0) is 4.79 Å². The van der Waals surface area contributed by atoms with E-state index < -0.39 is 5.91 Å². The van der Waals surface area contributed by atoms with Crippen molar-refractivity contribution in [1.29, 1.82) is 5.26 Å². The molecule has 0 heterocycles. The lowest BCUT2D eigenvalue weighted by atomic mass is 10.1. The van der Waals surface area contributed by atoms with Crippen molar-refractivity contribution in [3.8, 4) is 6.07 Å². The number of halogens is 1. The lowest BCUT2D eigenvalue weighted by Gasteiger charge is -1.97. The molecule has 4 heteroatoms. The number of rotatable bonds is 2. The normalized spacial score (nSPS) is 10.7. The maximum Gasteiger partial charge on any atom is 0.259 e. The Morgan fingerprint density at radius 1 is 1.50 bits per heavy atom. The van der Waals surface area contributed by atoms with Crippen LogP contribution < -0.4 is 5.73 Å². The van der Waals surface area contributed by atoms with Crippen LogP contribution in [0.15, 0.2) is 29.8 Å². The highest BCUT2D eigenvalue weighted by Crippen LogP contribution is 2.14. The number of hydrogen-bond donors (Lipinski definition) is 1. The third-order valence-electron chi connectivity index (χ3n) is 1.59. The molecule has 0 atom stereocenters. The fourth-order valence-electron chi connectivity index (χ4n) is 0.906. The quantitative estimate of drug-likeness (QED) is 0.513. The highest BCUT2D eigenvalue weighted by atomic mass is 127. The molecule has 2 N–H and O–H groups in total. The van der Waals surface area contributed by atoms with Crippen molar-refractivity contribution in [2.75, 3.05) is 0 Å². The van der Waals surface area contributed by atoms with Crippen LogP contribution in [0.4, 0.5) is 0 Å². The van der Waals surface area contributed by atoms with Crippen LogP contribution in [0.2, 0.25) is 0 Å². The molecule has 0 aliphatic heterocycles. The predicted octanol–water partition coefficient (Wildman–Crippen LogP) is 1.68. The first-order chi connectivity index (χ1) is 6.65. The van der Waals surface area contributed by atoms with Crippen molar-refractivity contribution < 1.29 is 4.79 Å². The van der Waals surface area contributed by atoms with Crippen molar-refractivity contribution >= 4 is 34.6 Å². The second-order valence-electron chi connectivity index (χ2n) is 2.56. The molecule has 0 bridgehead atoms. The van der Waals surface area contributed by atoms with Gasteiger partial charge in [0.2, 0.25) is 0 Å². The highest BCUT2D eigenvalue weighted by Gasteiger charge is 2.04. The maximum atomic E-state index is 10.8. The van der Waals surface area contributed by atoms with Gasteiger partial charge in [-0.2, -0.15) is 5.26 Å². The zero-order valence-corrected chi connectivity index (χ0v) is 9.36. The summed E-state index contributed by atoms with van der Waals surface area (Å²) in [6, 6.07) is 9.19. The summed E-state index contributed by atoms with van der Waals surface area (Å²) >= 11 is 2.13. The highest BCUT2D eigenvalue weighted by molar-refractivity contribution is 14.1. The fourth-order valence-corrected chi connectivity index (χ4v) is 1.45. The van der Waals surface area contributed by atoms with Gasteiger partial charge >= 0.3 is 0 Å². The Labute approximate surface area is 95.4 Å². The number of hydrogen-bond acceptors (Lipinski definition) is 2. The van der Waals surface area contributed by atoms with Crippen LogP contribution in [0.5, 0.6) is 0 Å². The molecule has 1 aromatic carbocycles. The molecule has 3 nitrogen and oxygen atoms in total. The molecule has 0 saturated carbocycles. The maximum absolute atomic E-state index is 10.8. The van der Waals surface area contributed by atoms with Gasteiger partial charge < -0.3 is 5.73 Å². The molecule has 1 aromatic rings. The van der Waals surface area contributed by atoms with Crippen molar-refractivity contribution in [2.45, 2.75) is 0 Å². The summed E-state index contributed by atoms with van der Waals surface area (Å²) in [7, 11) is 0. The lowest BCUT2D eigenvalue weighted by Crippen LogP contribution is -2.12. The second-order valence-corrected chi connectivity index (χ2v) is 3.72. The van der Waals surface area contributed by atoms with Gasteiger partial charge in [-0.1, -0.05) is 18.2 Å². The molecule has 0 aliphatic carbocycles. The number of nitriles is 1. The number of primary amides is 1. The van der Waals surface area contributed by atoms with E-state index in [2.05, 4.69) is 22.6 Å². The predicted molar refractivity (Wildman–Crippen MR) is 61.9 cm³/mol. The Bertz CT molecular complexity index is 432. The molecule has 0 spiro atoms. The summed E-state index contributed by atoms with van der Waals surface area (Å²) in [5, 5.41) is 8.63. The number of nitrogens with two attached hydrogens (primary N) is 1. The Kier molecular flexibility index (Phi) is 3.65. The average molecular weight is 298 g/mol. The monoisotopic (exact) mass is 298 g/mol. The van der Waals surface area contributed by atoms with Crippen LogP contribution in [-0.4, -0.2) is 5.91 Å². The summed E-state index contributed by atoms with van der Waals surface area (Å²) < 4.78 is 0.971. The Morgan fingerprint density at radius 2 is 2.14 bits per heavy atom. The zero-order valence-electron chi connectivity index (χ0n) is 7.20. The van der Waals surface area contributed by atoms with Gasteiger partial charge in [0.1, 0.15) is 11.6 Å². The fraction of sp³-hybridized carbons (Fsp3) is 0. The average Bonchev–Trinajstić information content (AvgIpc) is 2.16. The van der Waals surface area contributed by atoms with E-state index in [0.29, 0.717) is 0 Å². The Balaban J connectivity index is 3.15. The molecule has 0 radical (unpaired) electrons. The molecule has 0 aliphatic rings. The number of benzene rings is 1. The third-order valence-corrected chi connectivity index (χ3v) is 2.57. The summed E-state index contributed by atoms with van der Waals surface area (Å²) in [5.74, 6) is -0.702. The molecule has 0 fully saturated rings. The van der Waals surface area contributed by atoms with E-state index in [0.717, 1.165) is 9.13 Å². The molecule has 0 saturated heterocycles. The van der Waals surface area contributed by atoms with Gasteiger partial charge in [-0.05, 0) is 40.3 Å². The summed E-state index contributed by atoms with van der Waals surface area (Å²) in [4.78, 5) is 10.8. The van der Waals surface area contributed by atoms with E-state index in [4.69, 9.17) is 11.0 Å². The summed E-state index contributed by atoms with van der Waals surface area (Å²) in [5.41, 5.74) is 5.80. The van der Waals surface area contributed by atoms with E-state index in [9.17, 15) is 4.79 Å². The van der Waals surface area contributed by atoms with Gasteiger partial charge in [0.15, 0.2) is 0 Å². The van der Waals surface area contributed by atoms with Crippen LogP contribution in [0.1, 0.15) is 5.56 Å². The van der Waals surface area contributed by atoms with E-state index in [-0.39, 0.29) is 5.57 Å². The second kappa shape index (κ2) is 4.77. The van der Waals surface area contributed by atoms with Crippen molar-refractivity contribution in [3.63, 3.8) is 0 Å². The number of carbonyl (C=O) groups excluding carboxylic acids is 1. The first kappa shape index (κ1) is 10.7. The van der Waals surface area contributed by atoms with E-state index >= 15 is 0 Å². The molecule has 1 rings (SSSR count). The third kappa shape index (κ3) is 2.57. The smallest absolute Gasteiger partial charge is 0.259 e. The minimum Gasteiger partial charge on any atom is -0.365 e. The van der Waals surface area contributed by atoms with Crippen molar-refractivity contribution in [2.24, 2.45) is 5.73 Å². The van der Waals surface area contributed by atoms with Crippen LogP contribution >= 0.6 is 22.6 Å². The molecular weight excluding hydrogens is 291 g/mol. The van der Waals surface area contributed by atoms with Gasteiger partial charge in [0.05, 0.1) is 0 Å². The standard InChI is InChI=1S/C10H7IN2O/c11-9-4-2-1-3-7(9)5-8(6-12)10(13)14/h1-5H,(H2,13,14)/b8-5+. The molecule has 70 valence electrons. The number of carbonyl (C=O) groups is 1. The molecule has 14 heavy (non-hydrogen) atoms. The van der Waals surface area contributed by atoms with Crippen molar-refractivity contribution in [1.82, 2.24) is 0 Å². The SMILES string of the molecule is N#C/C(=C\c1ccccc1I)C(N)=O. The van der Waals surface area contributed by atoms with E-state index in [1.54, 1.807) is 6.07 Å². The van der Waals surface area contributed by atoms with Crippen LogP contribution in [0.3, 0.4) is 0 Å². The largest absolute Gasteiger partial charge is 0.365 e. The molecule has 1 amide bonds. The van der Waals surface area contributed by atoms with E-state index in [1.807, 2.05) is 24.3 Å². The van der Waals surface area contributed by atoms with Crippen molar-refractivity contribution in [3.05, 3.63) is 39.0 Å². The first-order valence-electron chi connectivity index (χ1n) is 3.81. The van der Waals surface area contributed by atoms with Crippen LogP contribution in [0.25, 0.3) is 6.08 Å². The topological polar surface area (TPSA) is 66.9 Å². The Morgan fingerprint density at radius 3 is 2.64 bits per heavy atom. The van der Waals surface area contributed by atoms with E-state index in [1.165, 1.54) is 6.08 Å². The Hall–Kier alpha value is -1.35. The number of amides is 1. The summed E-state index contributed by atoms with van der Waals surface area (Å²) in [6.07, 6.45) is 1.49. The lowest BCUT2D eigenvalue weighted by molar-refractivity contribution is -0.114. The van der Waals surface area contributed by atoms with Gasteiger partial charge in [-0.3, -0.25) is 4.79 Å². The first-order valence-corrected chi connectivity index (χ1v) is 4.89. The molecular formula is C10H7IN2O. The van der Waals surface area contributed by atoms with Crippen LogP contribution in [0, 0.1) is 14.9 Å². The minimum absolute atomic E-state index is 0.0332. The van der Waals surface area contributed by atoms with Gasteiger partial charge in [0.25, 0.3) is 5.91 Å². The molecule has 0 unspecified atom stereocenters. The summed E-state index contributed by atoms with van der Waals surface area (Å²) in [6.45, 7) is 0. The van der Waals surface area contributed by atoms with Gasteiger partial charge in [0, 0.05) is 3.57 Å². The minimum atomic E-state index is -0.702. The zero-order chi connectivity index (χ0) is 10.6. The molecule has 0 aromatic heterocycles. The van der Waals surface area contributed by atoms with Gasteiger partial charge in [-0.25, -0.2) is 0 Å². The van der Waals surface area contributed by atoms with Gasteiger partial charge in [-0.15, -0.1) is 0 Å².